The molecule has 1 aliphatic heterocycles. The van der Waals surface area contributed by atoms with Gasteiger partial charge in [0.05, 0.1) is 0 Å². The molecule has 1 heterocycles. The Morgan fingerprint density at radius 1 is 0.893 bits per heavy atom. The number of aliphatic hydroxyl groups is 2. The lowest BCUT2D eigenvalue weighted by Gasteiger charge is -2.29. The normalized spacial score (nSPS) is 19.0. The Kier molecular flexibility index (Phi) is 4.36. The highest BCUT2D eigenvalue weighted by molar-refractivity contribution is 6.32. The van der Waals surface area contributed by atoms with Crippen LogP contribution in [0.1, 0.15) is 16.7 Å². The summed E-state index contributed by atoms with van der Waals surface area (Å²) in [4.78, 5) is 12.0. The SMILES string of the molecule is Cc1ccc(-c2ccc(C3(c4ccccc4)OC(=O)C(O)=C3O)c(Cl)c2)cc1. The van der Waals surface area contributed by atoms with Crippen LogP contribution >= 0.6 is 11.6 Å². The first-order valence-electron chi connectivity index (χ1n) is 8.72. The van der Waals surface area contributed by atoms with E-state index in [-0.39, 0.29) is 0 Å². The van der Waals surface area contributed by atoms with Gasteiger partial charge in [0.2, 0.25) is 11.4 Å². The minimum Gasteiger partial charge on any atom is -0.504 e. The number of hydrogen-bond donors (Lipinski definition) is 2. The van der Waals surface area contributed by atoms with Gasteiger partial charge in [0.15, 0.2) is 5.76 Å². The molecule has 0 fully saturated rings. The van der Waals surface area contributed by atoms with E-state index < -0.39 is 23.1 Å². The van der Waals surface area contributed by atoms with Gasteiger partial charge in [0.1, 0.15) is 0 Å². The van der Waals surface area contributed by atoms with Crippen molar-refractivity contribution >= 4 is 17.6 Å². The van der Waals surface area contributed by atoms with Crippen molar-refractivity contribution in [1.82, 2.24) is 0 Å². The van der Waals surface area contributed by atoms with Gasteiger partial charge in [0.25, 0.3) is 0 Å². The summed E-state index contributed by atoms with van der Waals surface area (Å²) in [6.07, 6.45) is 0. The quantitative estimate of drug-likeness (QED) is 0.582. The van der Waals surface area contributed by atoms with Crippen LogP contribution in [0.3, 0.4) is 0 Å². The van der Waals surface area contributed by atoms with Gasteiger partial charge in [-0.1, -0.05) is 83.9 Å². The van der Waals surface area contributed by atoms with Gasteiger partial charge in [-0.3, -0.25) is 0 Å². The average molecular weight is 393 g/mol. The van der Waals surface area contributed by atoms with Crippen molar-refractivity contribution in [1.29, 1.82) is 0 Å². The number of rotatable bonds is 3. The molecule has 3 aromatic rings. The number of ether oxygens (including phenoxy) is 1. The summed E-state index contributed by atoms with van der Waals surface area (Å²) in [7, 11) is 0. The zero-order valence-corrected chi connectivity index (χ0v) is 15.8. The van der Waals surface area contributed by atoms with Crippen LogP contribution in [0.2, 0.25) is 5.02 Å². The highest BCUT2D eigenvalue weighted by atomic mass is 35.5. The number of cyclic esters (lactones) is 1. The van der Waals surface area contributed by atoms with Crippen molar-refractivity contribution in [2.45, 2.75) is 12.5 Å². The topological polar surface area (TPSA) is 66.8 Å². The van der Waals surface area contributed by atoms with Crippen LogP contribution in [0.5, 0.6) is 0 Å². The molecule has 0 radical (unpaired) electrons. The van der Waals surface area contributed by atoms with E-state index in [4.69, 9.17) is 16.3 Å². The first-order chi connectivity index (χ1) is 13.4. The van der Waals surface area contributed by atoms with Crippen LogP contribution in [0, 0.1) is 6.92 Å². The standard InChI is InChI=1S/C23H17ClO4/c1-14-7-9-15(10-8-14)16-11-12-18(19(24)13-16)23(17-5-3-2-4-6-17)21(26)20(25)22(27)28-23/h2-13,25-26H,1H3. The molecule has 3 aromatic carbocycles. The van der Waals surface area contributed by atoms with Gasteiger partial charge in [0, 0.05) is 16.1 Å². The third kappa shape index (κ3) is 2.74. The molecular weight excluding hydrogens is 376 g/mol. The molecule has 0 bridgehead atoms. The number of carbonyl (C=O) groups is 1. The molecule has 0 aromatic heterocycles. The van der Waals surface area contributed by atoms with Gasteiger partial charge < -0.3 is 14.9 Å². The fourth-order valence-corrected chi connectivity index (χ4v) is 3.75. The van der Waals surface area contributed by atoms with Gasteiger partial charge in [-0.15, -0.1) is 0 Å². The van der Waals surface area contributed by atoms with Crippen LogP contribution in [0.25, 0.3) is 11.1 Å². The number of aryl methyl sites for hydroxylation is 1. The minimum absolute atomic E-state index is 0.302. The molecule has 1 aliphatic rings. The number of hydrogen-bond acceptors (Lipinski definition) is 4. The maximum absolute atomic E-state index is 12.0. The molecule has 5 heteroatoms. The lowest BCUT2D eigenvalue weighted by Crippen LogP contribution is -2.31. The van der Waals surface area contributed by atoms with E-state index in [2.05, 4.69) is 0 Å². The molecule has 1 atom stereocenters. The molecule has 2 N–H and O–H groups in total. The van der Waals surface area contributed by atoms with Crippen LogP contribution < -0.4 is 0 Å². The lowest BCUT2D eigenvalue weighted by molar-refractivity contribution is -0.147. The van der Waals surface area contributed by atoms with Crippen LogP contribution in [-0.2, 0) is 15.1 Å². The third-order valence-electron chi connectivity index (χ3n) is 4.91. The number of carbonyl (C=O) groups excluding carboxylic acids is 1. The fourth-order valence-electron chi connectivity index (χ4n) is 3.43. The molecule has 0 spiro atoms. The van der Waals surface area contributed by atoms with Crippen molar-refractivity contribution in [2.75, 3.05) is 0 Å². The molecule has 1 unspecified atom stereocenters. The molecular formula is C23H17ClO4. The molecule has 0 amide bonds. The summed E-state index contributed by atoms with van der Waals surface area (Å²) in [5.41, 5.74) is 2.18. The van der Waals surface area contributed by atoms with E-state index in [9.17, 15) is 15.0 Å². The molecule has 0 saturated carbocycles. The Hall–Kier alpha value is -3.24. The Bertz CT molecular complexity index is 1090. The minimum atomic E-state index is -1.69. The average Bonchev–Trinajstić information content (AvgIpc) is 2.94. The van der Waals surface area contributed by atoms with Crippen LogP contribution in [-0.4, -0.2) is 16.2 Å². The number of aliphatic hydroxyl groups excluding tert-OH is 2. The van der Waals surface area contributed by atoms with Crippen molar-refractivity contribution in [3.05, 3.63) is 106 Å². The van der Waals surface area contributed by atoms with Crippen molar-refractivity contribution in [2.24, 2.45) is 0 Å². The first-order valence-corrected chi connectivity index (χ1v) is 9.10. The summed E-state index contributed by atoms with van der Waals surface area (Å²) in [5, 5.41) is 20.9. The molecule has 0 saturated heterocycles. The predicted molar refractivity (Wildman–Crippen MR) is 107 cm³/mol. The van der Waals surface area contributed by atoms with E-state index in [1.165, 1.54) is 0 Å². The summed E-state index contributed by atoms with van der Waals surface area (Å²) >= 11 is 6.58. The Morgan fingerprint density at radius 3 is 2.11 bits per heavy atom. The van der Waals surface area contributed by atoms with Gasteiger partial charge >= 0.3 is 5.97 Å². The highest BCUT2D eigenvalue weighted by Crippen LogP contribution is 2.47. The van der Waals surface area contributed by atoms with E-state index in [0.717, 1.165) is 16.7 Å². The zero-order chi connectivity index (χ0) is 19.9. The largest absolute Gasteiger partial charge is 0.504 e. The van der Waals surface area contributed by atoms with Gasteiger partial charge in [-0.2, -0.15) is 0 Å². The van der Waals surface area contributed by atoms with E-state index in [0.29, 0.717) is 16.1 Å². The molecule has 4 nitrogen and oxygen atoms in total. The summed E-state index contributed by atoms with van der Waals surface area (Å²) in [6, 6.07) is 22.0. The first kappa shape index (κ1) is 18.1. The van der Waals surface area contributed by atoms with Gasteiger partial charge in [-0.25, -0.2) is 4.79 Å². The molecule has 140 valence electrons. The zero-order valence-electron chi connectivity index (χ0n) is 15.0. The van der Waals surface area contributed by atoms with Crippen molar-refractivity contribution in [3.8, 4) is 11.1 Å². The van der Waals surface area contributed by atoms with Crippen LogP contribution in [0.4, 0.5) is 0 Å². The monoisotopic (exact) mass is 392 g/mol. The summed E-state index contributed by atoms with van der Waals surface area (Å²) in [5.74, 6) is -2.39. The number of halogens is 1. The Morgan fingerprint density at radius 2 is 1.54 bits per heavy atom. The van der Waals surface area contributed by atoms with E-state index >= 15 is 0 Å². The van der Waals surface area contributed by atoms with Gasteiger partial charge in [-0.05, 0) is 24.1 Å². The summed E-state index contributed by atoms with van der Waals surface area (Å²) < 4.78 is 5.49. The highest BCUT2D eigenvalue weighted by Gasteiger charge is 2.52. The number of esters is 1. The molecule has 4 rings (SSSR count). The lowest BCUT2D eigenvalue weighted by atomic mass is 9.84. The summed E-state index contributed by atoms with van der Waals surface area (Å²) in [6.45, 7) is 2.01. The molecule has 0 aliphatic carbocycles. The second kappa shape index (κ2) is 6.73. The second-order valence-electron chi connectivity index (χ2n) is 6.69. The third-order valence-corrected chi connectivity index (χ3v) is 5.22. The Balaban J connectivity index is 1.89. The predicted octanol–water partition coefficient (Wildman–Crippen LogP) is 5.44. The van der Waals surface area contributed by atoms with Crippen molar-refractivity contribution in [3.63, 3.8) is 0 Å². The Labute approximate surface area is 167 Å². The van der Waals surface area contributed by atoms with Crippen LogP contribution in [0.15, 0.2) is 84.3 Å². The molecule has 28 heavy (non-hydrogen) atoms. The maximum atomic E-state index is 12.0. The fraction of sp³-hybridized carbons (Fsp3) is 0.0870. The smallest absolute Gasteiger partial charge is 0.378 e. The maximum Gasteiger partial charge on any atom is 0.378 e. The number of benzene rings is 3. The van der Waals surface area contributed by atoms with E-state index in [1.807, 2.05) is 37.3 Å². The van der Waals surface area contributed by atoms with Crippen molar-refractivity contribution < 1.29 is 19.7 Å². The van der Waals surface area contributed by atoms with E-state index in [1.54, 1.807) is 42.5 Å². The second-order valence-corrected chi connectivity index (χ2v) is 7.10.